The molecule has 108 valence electrons. The summed E-state index contributed by atoms with van der Waals surface area (Å²) in [6.45, 7) is 14.0. The van der Waals surface area contributed by atoms with Crippen molar-refractivity contribution in [2.45, 2.75) is 59.0 Å². The van der Waals surface area contributed by atoms with Crippen molar-refractivity contribution in [2.75, 3.05) is 32.7 Å². The van der Waals surface area contributed by atoms with Crippen LogP contribution in [0.2, 0.25) is 0 Å². The van der Waals surface area contributed by atoms with Crippen LogP contribution >= 0.6 is 0 Å². The fraction of sp³-hybridized carbons (Fsp3) is 1.00. The first-order chi connectivity index (χ1) is 8.41. The van der Waals surface area contributed by atoms with Gasteiger partial charge < -0.3 is 15.3 Å². The zero-order chi connectivity index (χ0) is 13.6. The largest absolute Gasteiger partial charge is 0.389 e. The van der Waals surface area contributed by atoms with Gasteiger partial charge in [-0.05, 0) is 44.2 Å². The number of aliphatic hydroxyl groups is 1. The van der Waals surface area contributed by atoms with Crippen LogP contribution in [0, 0.1) is 5.41 Å². The number of hydrogen-bond acceptors (Lipinski definition) is 3. The van der Waals surface area contributed by atoms with E-state index in [-0.39, 0.29) is 0 Å². The van der Waals surface area contributed by atoms with Gasteiger partial charge in [-0.15, -0.1) is 0 Å². The van der Waals surface area contributed by atoms with Crippen LogP contribution in [-0.2, 0) is 0 Å². The van der Waals surface area contributed by atoms with Crippen molar-refractivity contribution in [3.63, 3.8) is 0 Å². The molecule has 1 aliphatic carbocycles. The van der Waals surface area contributed by atoms with Crippen LogP contribution in [0.4, 0.5) is 0 Å². The average molecular weight is 256 g/mol. The van der Waals surface area contributed by atoms with Gasteiger partial charge in [0.2, 0.25) is 0 Å². The van der Waals surface area contributed by atoms with Crippen LogP contribution in [-0.4, -0.2) is 48.3 Å². The normalized spacial score (nSPS) is 22.3. The van der Waals surface area contributed by atoms with Gasteiger partial charge in [0.25, 0.3) is 0 Å². The molecule has 3 nitrogen and oxygen atoms in total. The van der Waals surface area contributed by atoms with E-state index in [1.807, 2.05) is 0 Å². The Labute approximate surface area is 113 Å². The molecule has 0 heterocycles. The summed E-state index contributed by atoms with van der Waals surface area (Å²) in [5, 5.41) is 13.9. The minimum absolute atomic E-state index is 0.424. The molecule has 2 N–H and O–H groups in total. The second-order valence-corrected chi connectivity index (χ2v) is 6.59. The van der Waals surface area contributed by atoms with E-state index in [0.717, 1.165) is 58.4 Å². The molecule has 3 heteroatoms. The molecule has 0 aliphatic heterocycles. The Hall–Kier alpha value is -0.120. The van der Waals surface area contributed by atoms with Gasteiger partial charge in [-0.1, -0.05) is 27.7 Å². The molecule has 1 rings (SSSR count). The lowest BCUT2D eigenvalue weighted by Crippen LogP contribution is -2.46. The first-order valence-corrected chi connectivity index (χ1v) is 7.56. The molecule has 0 aromatic rings. The first kappa shape index (κ1) is 15.9. The highest BCUT2D eigenvalue weighted by molar-refractivity contribution is 4.90. The van der Waals surface area contributed by atoms with Crippen molar-refractivity contribution in [1.29, 1.82) is 0 Å². The van der Waals surface area contributed by atoms with E-state index in [1.54, 1.807) is 0 Å². The molecule has 0 amide bonds. The van der Waals surface area contributed by atoms with Crippen LogP contribution in [0.1, 0.15) is 53.4 Å². The number of hydrogen-bond donors (Lipinski definition) is 2. The SMILES string of the molecule is CCN(CC)CCNCC1(O)CCC(C)(C)CC1. The second-order valence-electron chi connectivity index (χ2n) is 6.59. The average Bonchev–Trinajstić information content (AvgIpc) is 2.34. The molecule has 1 fully saturated rings. The van der Waals surface area contributed by atoms with E-state index in [2.05, 4.69) is 37.9 Å². The fourth-order valence-corrected chi connectivity index (χ4v) is 2.67. The molecule has 0 saturated heterocycles. The van der Waals surface area contributed by atoms with E-state index >= 15 is 0 Å². The van der Waals surface area contributed by atoms with Crippen molar-refractivity contribution in [3.05, 3.63) is 0 Å². The molecule has 0 bridgehead atoms. The smallest absolute Gasteiger partial charge is 0.0772 e. The lowest BCUT2D eigenvalue weighted by atomic mass is 9.71. The van der Waals surface area contributed by atoms with Gasteiger partial charge in [-0.25, -0.2) is 0 Å². The fourth-order valence-electron chi connectivity index (χ4n) is 2.67. The first-order valence-electron chi connectivity index (χ1n) is 7.56. The van der Waals surface area contributed by atoms with Crippen LogP contribution in [0.5, 0.6) is 0 Å². The van der Waals surface area contributed by atoms with Gasteiger partial charge in [-0.2, -0.15) is 0 Å². The molecule has 0 atom stereocenters. The lowest BCUT2D eigenvalue weighted by molar-refractivity contribution is -0.0244. The number of rotatable bonds is 7. The Balaban J connectivity index is 2.19. The Bertz CT molecular complexity index is 227. The molecule has 0 spiro atoms. The third-order valence-corrected chi connectivity index (χ3v) is 4.49. The molecular weight excluding hydrogens is 224 g/mol. The standard InChI is InChI=1S/C15H32N2O/c1-5-17(6-2)12-11-16-13-15(18)9-7-14(3,4)8-10-15/h16,18H,5-13H2,1-4H3. The van der Waals surface area contributed by atoms with Gasteiger partial charge in [0.15, 0.2) is 0 Å². The third-order valence-electron chi connectivity index (χ3n) is 4.49. The minimum atomic E-state index is -0.460. The Morgan fingerprint density at radius 2 is 1.61 bits per heavy atom. The monoisotopic (exact) mass is 256 g/mol. The lowest BCUT2D eigenvalue weighted by Gasteiger charge is -2.40. The predicted molar refractivity (Wildman–Crippen MR) is 77.9 cm³/mol. The Kier molecular flexibility index (Phi) is 6.09. The number of nitrogens with one attached hydrogen (secondary N) is 1. The maximum Gasteiger partial charge on any atom is 0.0772 e. The summed E-state index contributed by atoms with van der Waals surface area (Å²) in [6.07, 6.45) is 4.17. The van der Waals surface area contributed by atoms with Crippen molar-refractivity contribution in [2.24, 2.45) is 5.41 Å². The minimum Gasteiger partial charge on any atom is -0.389 e. The molecular formula is C15H32N2O. The van der Waals surface area contributed by atoms with Gasteiger partial charge >= 0.3 is 0 Å². The molecule has 0 unspecified atom stereocenters. The second kappa shape index (κ2) is 6.88. The van der Waals surface area contributed by atoms with Gasteiger partial charge in [0.05, 0.1) is 5.60 Å². The summed E-state index contributed by atoms with van der Waals surface area (Å²) >= 11 is 0. The highest BCUT2D eigenvalue weighted by Gasteiger charge is 2.36. The molecule has 0 aromatic heterocycles. The summed E-state index contributed by atoms with van der Waals surface area (Å²) in [4.78, 5) is 2.40. The number of likely N-dealkylation sites (N-methyl/N-ethyl adjacent to an activating group) is 1. The topological polar surface area (TPSA) is 35.5 Å². The third kappa shape index (κ3) is 5.25. The van der Waals surface area contributed by atoms with Crippen LogP contribution < -0.4 is 5.32 Å². The van der Waals surface area contributed by atoms with Gasteiger partial charge in [0.1, 0.15) is 0 Å². The van der Waals surface area contributed by atoms with Gasteiger partial charge in [-0.3, -0.25) is 0 Å². The summed E-state index contributed by atoms with van der Waals surface area (Å²) in [7, 11) is 0. The highest BCUT2D eigenvalue weighted by Crippen LogP contribution is 2.39. The molecule has 1 aliphatic rings. The highest BCUT2D eigenvalue weighted by atomic mass is 16.3. The number of nitrogens with zero attached hydrogens (tertiary/aromatic N) is 1. The van der Waals surface area contributed by atoms with Crippen LogP contribution in [0.3, 0.4) is 0 Å². The summed E-state index contributed by atoms with van der Waals surface area (Å²) < 4.78 is 0. The van der Waals surface area contributed by atoms with E-state index < -0.39 is 5.60 Å². The van der Waals surface area contributed by atoms with E-state index in [9.17, 15) is 5.11 Å². The summed E-state index contributed by atoms with van der Waals surface area (Å²) in [6, 6.07) is 0. The van der Waals surface area contributed by atoms with Crippen molar-refractivity contribution in [1.82, 2.24) is 10.2 Å². The molecule has 1 saturated carbocycles. The molecule has 18 heavy (non-hydrogen) atoms. The van der Waals surface area contributed by atoms with Crippen LogP contribution in [0.25, 0.3) is 0 Å². The van der Waals surface area contributed by atoms with Gasteiger partial charge in [0, 0.05) is 19.6 Å². The maximum atomic E-state index is 10.5. The maximum absolute atomic E-state index is 10.5. The summed E-state index contributed by atoms with van der Waals surface area (Å²) in [5.41, 5.74) is -0.0355. The Morgan fingerprint density at radius 3 is 2.11 bits per heavy atom. The zero-order valence-corrected chi connectivity index (χ0v) is 12.8. The van der Waals surface area contributed by atoms with E-state index in [0.29, 0.717) is 5.41 Å². The molecule has 0 radical (unpaired) electrons. The summed E-state index contributed by atoms with van der Waals surface area (Å²) in [5.74, 6) is 0. The van der Waals surface area contributed by atoms with E-state index in [1.165, 1.54) is 0 Å². The quantitative estimate of drug-likeness (QED) is 0.686. The Morgan fingerprint density at radius 1 is 1.06 bits per heavy atom. The van der Waals surface area contributed by atoms with Crippen molar-refractivity contribution in [3.8, 4) is 0 Å². The van der Waals surface area contributed by atoms with Crippen molar-refractivity contribution >= 4 is 0 Å². The van der Waals surface area contributed by atoms with Crippen LogP contribution in [0.15, 0.2) is 0 Å². The van der Waals surface area contributed by atoms with Crippen molar-refractivity contribution < 1.29 is 5.11 Å². The zero-order valence-electron chi connectivity index (χ0n) is 12.8. The predicted octanol–water partition coefficient (Wildman–Crippen LogP) is 2.25. The molecule has 0 aromatic carbocycles. The van der Waals surface area contributed by atoms with E-state index in [4.69, 9.17) is 0 Å².